The van der Waals surface area contributed by atoms with Crippen molar-refractivity contribution >= 4 is 15.9 Å². The SMILES string of the molecule is C=C(Br)CN1CCCC(Cc2nccn2C)C1. The second-order valence-electron chi connectivity index (χ2n) is 4.92. The Hall–Kier alpha value is -0.610. The van der Waals surface area contributed by atoms with Gasteiger partial charge in [-0.25, -0.2) is 4.98 Å². The minimum Gasteiger partial charge on any atom is -0.338 e. The third-order valence-corrected chi connectivity index (χ3v) is 3.64. The third-order valence-electron chi connectivity index (χ3n) is 3.39. The molecule has 0 spiro atoms. The predicted octanol–water partition coefficient (Wildman–Crippen LogP) is 2.58. The highest BCUT2D eigenvalue weighted by atomic mass is 79.9. The van der Waals surface area contributed by atoms with Crippen molar-refractivity contribution < 1.29 is 0 Å². The van der Waals surface area contributed by atoms with Crippen LogP contribution in [0, 0.1) is 5.92 Å². The number of hydrogen-bond acceptors (Lipinski definition) is 2. The molecule has 2 heterocycles. The monoisotopic (exact) mass is 297 g/mol. The van der Waals surface area contributed by atoms with Gasteiger partial charge in [-0.1, -0.05) is 22.5 Å². The maximum Gasteiger partial charge on any atom is 0.108 e. The number of imidazole rings is 1. The lowest BCUT2D eigenvalue weighted by molar-refractivity contribution is 0.188. The van der Waals surface area contributed by atoms with E-state index in [2.05, 4.69) is 44.0 Å². The van der Waals surface area contributed by atoms with E-state index >= 15 is 0 Å². The molecular formula is C13H20BrN3. The summed E-state index contributed by atoms with van der Waals surface area (Å²) in [6.45, 7) is 7.25. The van der Waals surface area contributed by atoms with Crippen LogP contribution in [0.1, 0.15) is 18.7 Å². The Morgan fingerprint density at radius 2 is 2.47 bits per heavy atom. The molecule has 1 aliphatic heterocycles. The third kappa shape index (κ3) is 3.68. The Bertz CT molecular complexity index is 386. The van der Waals surface area contributed by atoms with Crippen molar-refractivity contribution in [3.63, 3.8) is 0 Å². The van der Waals surface area contributed by atoms with Gasteiger partial charge < -0.3 is 4.57 Å². The van der Waals surface area contributed by atoms with Gasteiger partial charge in [-0.15, -0.1) is 0 Å². The molecule has 2 rings (SSSR count). The first kappa shape index (κ1) is 12.8. The number of likely N-dealkylation sites (tertiary alicyclic amines) is 1. The van der Waals surface area contributed by atoms with E-state index in [0.29, 0.717) is 0 Å². The lowest BCUT2D eigenvalue weighted by Gasteiger charge is -2.32. The molecule has 1 aromatic heterocycles. The first-order valence-electron chi connectivity index (χ1n) is 6.17. The molecular weight excluding hydrogens is 278 g/mol. The molecule has 17 heavy (non-hydrogen) atoms. The smallest absolute Gasteiger partial charge is 0.108 e. The molecule has 1 atom stereocenters. The highest BCUT2D eigenvalue weighted by molar-refractivity contribution is 9.11. The summed E-state index contributed by atoms with van der Waals surface area (Å²) < 4.78 is 3.21. The normalized spacial score (nSPS) is 21.6. The molecule has 0 aromatic carbocycles. The van der Waals surface area contributed by atoms with Gasteiger partial charge >= 0.3 is 0 Å². The van der Waals surface area contributed by atoms with E-state index in [9.17, 15) is 0 Å². The molecule has 0 amide bonds. The highest BCUT2D eigenvalue weighted by Crippen LogP contribution is 2.21. The molecule has 1 aromatic rings. The summed E-state index contributed by atoms with van der Waals surface area (Å²) in [5.74, 6) is 1.94. The van der Waals surface area contributed by atoms with Gasteiger partial charge in [-0.3, -0.25) is 4.90 Å². The largest absolute Gasteiger partial charge is 0.338 e. The molecule has 94 valence electrons. The number of aryl methyl sites for hydroxylation is 1. The molecule has 1 aliphatic rings. The first-order valence-corrected chi connectivity index (χ1v) is 6.96. The van der Waals surface area contributed by atoms with Crippen LogP contribution in [-0.4, -0.2) is 34.1 Å². The van der Waals surface area contributed by atoms with Crippen molar-refractivity contribution in [2.45, 2.75) is 19.3 Å². The summed E-state index contributed by atoms with van der Waals surface area (Å²) in [4.78, 5) is 6.89. The van der Waals surface area contributed by atoms with Crippen molar-refractivity contribution in [1.29, 1.82) is 0 Å². The van der Waals surface area contributed by atoms with Gasteiger partial charge in [0.05, 0.1) is 0 Å². The van der Waals surface area contributed by atoms with E-state index in [1.807, 2.05) is 12.4 Å². The Morgan fingerprint density at radius 1 is 1.65 bits per heavy atom. The second kappa shape index (κ2) is 5.83. The van der Waals surface area contributed by atoms with Crippen molar-refractivity contribution in [3.05, 3.63) is 29.3 Å². The summed E-state index contributed by atoms with van der Waals surface area (Å²) in [5.41, 5.74) is 0. The summed E-state index contributed by atoms with van der Waals surface area (Å²) >= 11 is 3.45. The standard InChI is InChI=1S/C13H20BrN3/c1-11(14)9-17-6-3-4-12(10-17)8-13-15-5-7-16(13)2/h5,7,12H,1,3-4,6,8-10H2,2H3. The van der Waals surface area contributed by atoms with Gasteiger partial charge in [0.2, 0.25) is 0 Å². The van der Waals surface area contributed by atoms with E-state index in [0.717, 1.165) is 29.9 Å². The van der Waals surface area contributed by atoms with Crippen LogP contribution in [0.25, 0.3) is 0 Å². The topological polar surface area (TPSA) is 21.1 Å². The number of aromatic nitrogens is 2. The summed E-state index contributed by atoms with van der Waals surface area (Å²) in [5, 5.41) is 0. The van der Waals surface area contributed by atoms with Gasteiger partial charge in [-0.2, -0.15) is 0 Å². The Labute approximate surface area is 112 Å². The maximum absolute atomic E-state index is 4.41. The van der Waals surface area contributed by atoms with Crippen molar-refractivity contribution in [1.82, 2.24) is 14.5 Å². The summed E-state index contributed by atoms with van der Waals surface area (Å²) in [6.07, 6.45) is 7.61. The van der Waals surface area contributed by atoms with Crippen LogP contribution in [0.15, 0.2) is 23.5 Å². The van der Waals surface area contributed by atoms with Gasteiger partial charge in [0.25, 0.3) is 0 Å². The van der Waals surface area contributed by atoms with Crippen molar-refractivity contribution in [2.75, 3.05) is 19.6 Å². The van der Waals surface area contributed by atoms with E-state index in [1.54, 1.807) is 0 Å². The molecule has 4 heteroatoms. The Morgan fingerprint density at radius 3 is 3.12 bits per heavy atom. The molecule has 0 radical (unpaired) electrons. The molecule has 0 aliphatic carbocycles. The molecule has 1 saturated heterocycles. The van der Waals surface area contributed by atoms with Crippen LogP contribution in [0.3, 0.4) is 0 Å². The number of hydrogen-bond donors (Lipinski definition) is 0. The zero-order valence-electron chi connectivity index (χ0n) is 10.4. The fourth-order valence-corrected chi connectivity index (χ4v) is 2.91. The average molecular weight is 298 g/mol. The van der Waals surface area contributed by atoms with Crippen LogP contribution >= 0.6 is 15.9 Å². The lowest BCUT2D eigenvalue weighted by atomic mass is 9.94. The van der Waals surface area contributed by atoms with E-state index < -0.39 is 0 Å². The van der Waals surface area contributed by atoms with Crippen molar-refractivity contribution in [3.8, 4) is 0 Å². The zero-order chi connectivity index (χ0) is 12.3. The van der Waals surface area contributed by atoms with Gasteiger partial charge in [0.1, 0.15) is 5.82 Å². The quantitative estimate of drug-likeness (QED) is 0.852. The Balaban J connectivity index is 1.89. The minimum absolute atomic E-state index is 0.733. The molecule has 1 unspecified atom stereocenters. The predicted molar refractivity (Wildman–Crippen MR) is 74.1 cm³/mol. The van der Waals surface area contributed by atoms with E-state index in [-0.39, 0.29) is 0 Å². The van der Waals surface area contributed by atoms with Crippen molar-refractivity contribution in [2.24, 2.45) is 13.0 Å². The van der Waals surface area contributed by atoms with Crippen LogP contribution < -0.4 is 0 Å². The number of piperidine rings is 1. The van der Waals surface area contributed by atoms with Crippen LogP contribution in [0.4, 0.5) is 0 Å². The second-order valence-corrected chi connectivity index (χ2v) is 6.04. The van der Waals surface area contributed by atoms with Crippen LogP contribution in [0.2, 0.25) is 0 Å². The molecule has 3 nitrogen and oxygen atoms in total. The van der Waals surface area contributed by atoms with Crippen LogP contribution in [0.5, 0.6) is 0 Å². The van der Waals surface area contributed by atoms with Gasteiger partial charge in [-0.05, 0) is 25.3 Å². The molecule has 0 saturated carbocycles. The number of nitrogens with zero attached hydrogens (tertiary/aromatic N) is 3. The van der Waals surface area contributed by atoms with E-state index in [1.165, 1.54) is 25.2 Å². The number of rotatable bonds is 4. The van der Waals surface area contributed by atoms with Crippen LogP contribution in [-0.2, 0) is 13.5 Å². The number of halogens is 1. The highest BCUT2D eigenvalue weighted by Gasteiger charge is 2.21. The minimum atomic E-state index is 0.733. The Kier molecular flexibility index (Phi) is 4.40. The zero-order valence-corrected chi connectivity index (χ0v) is 12.0. The summed E-state index contributed by atoms with van der Waals surface area (Å²) in [7, 11) is 2.07. The average Bonchev–Trinajstić information content (AvgIpc) is 2.64. The first-order chi connectivity index (χ1) is 8.15. The fraction of sp³-hybridized carbons (Fsp3) is 0.615. The molecule has 0 N–H and O–H groups in total. The lowest BCUT2D eigenvalue weighted by Crippen LogP contribution is -2.37. The maximum atomic E-state index is 4.41. The van der Waals surface area contributed by atoms with E-state index in [4.69, 9.17) is 0 Å². The summed E-state index contributed by atoms with van der Waals surface area (Å²) in [6, 6.07) is 0. The molecule has 1 fully saturated rings. The van der Waals surface area contributed by atoms with Gasteiger partial charge in [0.15, 0.2) is 0 Å². The fourth-order valence-electron chi connectivity index (χ4n) is 2.56. The molecule has 0 bridgehead atoms. The van der Waals surface area contributed by atoms with Gasteiger partial charge in [0, 0.05) is 43.4 Å².